The first-order chi connectivity index (χ1) is 8.38. The van der Waals surface area contributed by atoms with E-state index in [2.05, 4.69) is 0 Å². The summed E-state index contributed by atoms with van der Waals surface area (Å²) in [4.78, 5) is -0.0351. The molecule has 0 amide bonds. The third kappa shape index (κ3) is 3.95. The van der Waals surface area contributed by atoms with Gasteiger partial charge in [-0.1, -0.05) is 6.07 Å². The lowest BCUT2D eigenvalue weighted by Gasteiger charge is -2.12. The van der Waals surface area contributed by atoms with Gasteiger partial charge in [-0.25, -0.2) is 13.6 Å². The average molecular weight is 274 g/mol. The Morgan fingerprint density at radius 3 is 2.50 bits per heavy atom. The molecule has 0 aliphatic heterocycles. The standard InChI is InChI=1S/C11H18N2O4S/c1-16-7-9(12)5-8-3-4-10(17-2)11(6-8)18(13,14)15/h3-4,6,9H,5,7,12H2,1-2H3,(H2,13,14,15). The van der Waals surface area contributed by atoms with Gasteiger partial charge < -0.3 is 15.2 Å². The molecule has 6 nitrogen and oxygen atoms in total. The minimum atomic E-state index is -3.81. The van der Waals surface area contributed by atoms with Gasteiger partial charge >= 0.3 is 0 Å². The second kappa shape index (κ2) is 6.14. The van der Waals surface area contributed by atoms with Gasteiger partial charge in [0.2, 0.25) is 10.0 Å². The molecule has 18 heavy (non-hydrogen) atoms. The van der Waals surface area contributed by atoms with Crippen molar-refractivity contribution in [2.24, 2.45) is 10.9 Å². The Morgan fingerprint density at radius 1 is 1.33 bits per heavy atom. The van der Waals surface area contributed by atoms with Crippen LogP contribution in [-0.2, 0) is 21.2 Å². The highest BCUT2D eigenvalue weighted by atomic mass is 32.2. The molecule has 1 rings (SSSR count). The molecule has 0 saturated heterocycles. The van der Waals surface area contributed by atoms with Gasteiger partial charge in [-0.15, -0.1) is 0 Å². The fourth-order valence-electron chi connectivity index (χ4n) is 1.65. The van der Waals surface area contributed by atoms with E-state index in [0.29, 0.717) is 13.0 Å². The van der Waals surface area contributed by atoms with Crippen LogP contribution in [0.3, 0.4) is 0 Å². The summed E-state index contributed by atoms with van der Waals surface area (Å²) in [7, 11) is -0.865. The number of primary sulfonamides is 1. The molecule has 0 saturated carbocycles. The van der Waals surface area contributed by atoms with E-state index in [1.54, 1.807) is 19.2 Å². The van der Waals surface area contributed by atoms with E-state index in [9.17, 15) is 8.42 Å². The first-order valence-corrected chi connectivity index (χ1v) is 6.87. The summed E-state index contributed by atoms with van der Waals surface area (Å²) in [6.45, 7) is 0.400. The van der Waals surface area contributed by atoms with Crippen LogP contribution in [0.5, 0.6) is 5.75 Å². The molecular formula is C11H18N2O4S. The molecule has 0 spiro atoms. The smallest absolute Gasteiger partial charge is 0.241 e. The van der Waals surface area contributed by atoms with Crippen LogP contribution in [0.25, 0.3) is 0 Å². The molecule has 0 fully saturated rings. The van der Waals surface area contributed by atoms with Crippen molar-refractivity contribution in [1.82, 2.24) is 0 Å². The molecule has 7 heteroatoms. The fraction of sp³-hybridized carbons (Fsp3) is 0.455. The van der Waals surface area contributed by atoms with Gasteiger partial charge in [0.15, 0.2) is 0 Å². The first kappa shape index (κ1) is 14.9. The molecule has 4 N–H and O–H groups in total. The van der Waals surface area contributed by atoms with Gasteiger partial charge in [-0.2, -0.15) is 0 Å². The Bertz CT molecular complexity index is 502. The van der Waals surface area contributed by atoms with E-state index in [1.165, 1.54) is 13.2 Å². The van der Waals surface area contributed by atoms with Crippen molar-refractivity contribution in [3.8, 4) is 5.75 Å². The predicted octanol–water partition coefficient (Wildman–Crippen LogP) is -0.141. The van der Waals surface area contributed by atoms with E-state index in [0.717, 1.165) is 5.56 Å². The SMILES string of the molecule is COCC(N)Cc1ccc(OC)c(S(N)(=O)=O)c1. The van der Waals surface area contributed by atoms with E-state index in [1.807, 2.05) is 0 Å². The molecule has 0 aliphatic rings. The average Bonchev–Trinajstić information content (AvgIpc) is 2.28. The Morgan fingerprint density at radius 2 is 2.00 bits per heavy atom. The lowest BCUT2D eigenvalue weighted by Crippen LogP contribution is -2.28. The topological polar surface area (TPSA) is 105 Å². The van der Waals surface area contributed by atoms with Crippen LogP contribution < -0.4 is 15.6 Å². The quantitative estimate of drug-likeness (QED) is 0.751. The van der Waals surface area contributed by atoms with Crippen LogP contribution >= 0.6 is 0 Å². The van der Waals surface area contributed by atoms with Crippen LogP contribution in [0.15, 0.2) is 23.1 Å². The van der Waals surface area contributed by atoms with Crippen LogP contribution in [0.1, 0.15) is 5.56 Å². The van der Waals surface area contributed by atoms with Crippen molar-refractivity contribution >= 4 is 10.0 Å². The van der Waals surface area contributed by atoms with E-state index in [4.69, 9.17) is 20.3 Å². The van der Waals surface area contributed by atoms with E-state index < -0.39 is 10.0 Å². The van der Waals surface area contributed by atoms with Crippen molar-refractivity contribution < 1.29 is 17.9 Å². The van der Waals surface area contributed by atoms with Gasteiger partial charge in [-0.3, -0.25) is 0 Å². The lowest BCUT2D eigenvalue weighted by molar-refractivity contribution is 0.180. The summed E-state index contributed by atoms with van der Waals surface area (Å²) in [6.07, 6.45) is 0.500. The number of hydrogen-bond acceptors (Lipinski definition) is 5. The Balaban J connectivity index is 3.04. The Labute approximate surface area is 107 Å². The third-order valence-corrected chi connectivity index (χ3v) is 3.35. The molecule has 0 aliphatic carbocycles. The van der Waals surface area contributed by atoms with Gasteiger partial charge in [0, 0.05) is 13.2 Å². The fourth-order valence-corrected chi connectivity index (χ4v) is 2.39. The highest BCUT2D eigenvalue weighted by Gasteiger charge is 2.16. The number of hydrogen-bond donors (Lipinski definition) is 2. The second-order valence-electron chi connectivity index (χ2n) is 3.95. The monoisotopic (exact) mass is 274 g/mol. The zero-order chi connectivity index (χ0) is 13.8. The number of nitrogens with two attached hydrogens (primary N) is 2. The van der Waals surface area contributed by atoms with Crippen molar-refractivity contribution in [3.63, 3.8) is 0 Å². The molecule has 0 radical (unpaired) electrons. The van der Waals surface area contributed by atoms with E-state index in [-0.39, 0.29) is 16.7 Å². The highest BCUT2D eigenvalue weighted by molar-refractivity contribution is 7.89. The number of ether oxygens (including phenoxy) is 2. The van der Waals surface area contributed by atoms with Crippen LogP contribution in [0.4, 0.5) is 0 Å². The first-order valence-electron chi connectivity index (χ1n) is 5.32. The molecule has 1 atom stereocenters. The van der Waals surface area contributed by atoms with Crippen LogP contribution in [0, 0.1) is 0 Å². The largest absolute Gasteiger partial charge is 0.495 e. The number of sulfonamides is 1. The van der Waals surface area contributed by atoms with Crippen molar-refractivity contribution in [2.75, 3.05) is 20.8 Å². The molecule has 0 heterocycles. The van der Waals surface area contributed by atoms with E-state index >= 15 is 0 Å². The lowest BCUT2D eigenvalue weighted by atomic mass is 10.1. The summed E-state index contributed by atoms with van der Waals surface area (Å²) in [5.41, 5.74) is 6.58. The van der Waals surface area contributed by atoms with Crippen LogP contribution in [-0.4, -0.2) is 35.3 Å². The van der Waals surface area contributed by atoms with Crippen LogP contribution in [0.2, 0.25) is 0 Å². The van der Waals surface area contributed by atoms with Gasteiger partial charge in [0.05, 0.1) is 13.7 Å². The Kier molecular flexibility index (Phi) is 5.09. The molecular weight excluding hydrogens is 256 g/mol. The maximum absolute atomic E-state index is 11.4. The molecule has 1 aromatic rings. The zero-order valence-corrected chi connectivity index (χ0v) is 11.2. The van der Waals surface area contributed by atoms with Gasteiger partial charge in [-0.05, 0) is 24.1 Å². The summed E-state index contributed by atoms with van der Waals surface area (Å²) in [5, 5.41) is 5.13. The second-order valence-corrected chi connectivity index (χ2v) is 5.48. The minimum Gasteiger partial charge on any atom is -0.495 e. The van der Waals surface area contributed by atoms with Crippen molar-refractivity contribution in [3.05, 3.63) is 23.8 Å². The van der Waals surface area contributed by atoms with Gasteiger partial charge in [0.1, 0.15) is 10.6 Å². The molecule has 1 unspecified atom stereocenters. The maximum atomic E-state index is 11.4. The number of benzene rings is 1. The van der Waals surface area contributed by atoms with Gasteiger partial charge in [0.25, 0.3) is 0 Å². The summed E-state index contributed by atoms with van der Waals surface area (Å²) >= 11 is 0. The van der Waals surface area contributed by atoms with Crippen molar-refractivity contribution in [1.29, 1.82) is 0 Å². The maximum Gasteiger partial charge on any atom is 0.241 e. The summed E-state index contributed by atoms with van der Waals surface area (Å²) in [5.74, 6) is 0.224. The van der Waals surface area contributed by atoms with Crippen molar-refractivity contribution in [2.45, 2.75) is 17.4 Å². The minimum absolute atomic E-state index is 0.0351. The normalized spacial score (nSPS) is 13.3. The zero-order valence-electron chi connectivity index (χ0n) is 10.4. The predicted molar refractivity (Wildman–Crippen MR) is 67.9 cm³/mol. The number of methoxy groups -OCH3 is 2. The molecule has 102 valence electrons. The molecule has 0 bridgehead atoms. The third-order valence-electron chi connectivity index (χ3n) is 2.41. The number of rotatable bonds is 6. The molecule has 0 aromatic heterocycles. The summed E-state index contributed by atoms with van der Waals surface area (Å²) in [6, 6.07) is 4.60. The Hall–Kier alpha value is -1.15. The summed E-state index contributed by atoms with van der Waals surface area (Å²) < 4.78 is 32.7. The molecule has 1 aromatic carbocycles. The highest BCUT2D eigenvalue weighted by Crippen LogP contribution is 2.24.